The van der Waals surface area contributed by atoms with Gasteiger partial charge in [-0.15, -0.1) is 0 Å². The molecule has 0 aliphatic carbocycles. The standard InChI is InChI=1S/C13H16N4O2/c1-3-17-8-10(7-16-17)19-12-6-9(13(18)15-2)4-5-11(12)14/h4-8H,3,14H2,1-2H3,(H,15,18). The van der Waals surface area contributed by atoms with Crippen LogP contribution in [0.5, 0.6) is 11.5 Å². The van der Waals surface area contributed by atoms with Crippen LogP contribution in [-0.2, 0) is 6.54 Å². The Morgan fingerprint density at radius 3 is 2.95 bits per heavy atom. The minimum absolute atomic E-state index is 0.186. The molecule has 0 saturated heterocycles. The maximum atomic E-state index is 11.6. The molecule has 0 aliphatic rings. The first kappa shape index (κ1) is 12.9. The molecule has 0 radical (unpaired) electrons. The zero-order valence-electron chi connectivity index (χ0n) is 10.9. The van der Waals surface area contributed by atoms with Crippen LogP contribution in [0, 0.1) is 0 Å². The number of nitrogens with two attached hydrogens (primary N) is 1. The Labute approximate surface area is 111 Å². The van der Waals surface area contributed by atoms with E-state index >= 15 is 0 Å². The molecule has 0 bridgehead atoms. The topological polar surface area (TPSA) is 82.2 Å². The van der Waals surface area contributed by atoms with Crippen molar-refractivity contribution in [2.45, 2.75) is 13.5 Å². The molecule has 3 N–H and O–H groups in total. The number of aromatic nitrogens is 2. The number of hydrogen-bond donors (Lipinski definition) is 2. The number of anilines is 1. The number of ether oxygens (including phenoxy) is 1. The van der Waals surface area contributed by atoms with E-state index in [-0.39, 0.29) is 5.91 Å². The molecule has 0 spiro atoms. The quantitative estimate of drug-likeness (QED) is 0.819. The number of nitrogen functional groups attached to an aromatic ring is 1. The van der Waals surface area contributed by atoms with Crippen molar-refractivity contribution >= 4 is 11.6 Å². The minimum atomic E-state index is -0.186. The van der Waals surface area contributed by atoms with Gasteiger partial charge in [0.2, 0.25) is 0 Å². The van der Waals surface area contributed by atoms with Crippen LogP contribution >= 0.6 is 0 Å². The van der Waals surface area contributed by atoms with Gasteiger partial charge in [0.25, 0.3) is 5.91 Å². The van der Waals surface area contributed by atoms with Gasteiger partial charge in [0.05, 0.1) is 18.1 Å². The van der Waals surface area contributed by atoms with Crippen molar-refractivity contribution in [3.63, 3.8) is 0 Å². The third kappa shape index (κ3) is 2.85. The summed E-state index contributed by atoms with van der Waals surface area (Å²) < 4.78 is 7.38. The number of aryl methyl sites for hydroxylation is 1. The Balaban J connectivity index is 2.25. The van der Waals surface area contributed by atoms with Crippen molar-refractivity contribution in [2.75, 3.05) is 12.8 Å². The average Bonchev–Trinajstić information content (AvgIpc) is 2.88. The molecule has 0 atom stereocenters. The Bertz CT molecular complexity index is 592. The van der Waals surface area contributed by atoms with Crippen LogP contribution in [0.4, 0.5) is 5.69 Å². The van der Waals surface area contributed by atoms with Gasteiger partial charge in [-0.3, -0.25) is 9.48 Å². The molecule has 1 aromatic carbocycles. The summed E-state index contributed by atoms with van der Waals surface area (Å²) in [6.07, 6.45) is 3.38. The van der Waals surface area contributed by atoms with Gasteiger partial charge in [-0.2, -0.15) is 5.10 Å². The van der Waals surface area contributed by atoms with E-state index < -0.39 is 0 Å². The zero-order valence-corrected chi connectivity index (χ0v) is 10.9. The number of nitrogens with zero attached hydrogens (tertiary/aromatic N) is 2. The van der Waals surface area contributed by atoms with Crippen LogP contribution in [0.3, 0.4) is 0 Å². The van der Waals surface area contributed by atoms with E-state index in [4.69, 9.17) is 10.5 Å². The third-order valence-electron chi connectivity index (χ3n) is 2.66. The summed E-state index contributed by atoms with van der Waals surface area (Å²) >= 11 is 0. The SMILES string of the molecule is CCn1cc(Oc2cc(C(=O)NC)ccc2N)cn1. The van der Waals surface area contributed by atoms with E-state index in [9.17, 15) is 4.79 Å². The molecule has 1 heterocycles. The first-order valence-electron chi connectivity index (χ1n) is 5.96. The maximum absolute atomic E-state index is 11.6. The Morgan fingerprint density at radius 2 is 2.32 bits per heavy atom. The number of nitrogens with one attached hydrogen (secondary N) is 1. The van der Waals surface area contributed by atoms with E-state index in [1.54, 1.807) is 42.3 Å². The molecule has 1 amide bonds. The van der Waals surface area contributed by atoms with E-state index in [2.05, 4.69) is 10.4 Å². The molecule has 6 nitrogen and oxygen atoms in total. The fraction of sp³-hybridized carbons (Fsp3) is 0.231. The van der Waals surface area contributed by atoms with Gasteiger partial charge < -0.3 is 15.8 Å². The monoisotopic (exact) mass is 260 g/mol. The van der Waals surface area contributed by atoms with Gasteiger partial charge in [-0.1, -0.05) is 0 Å². The average molecular weight is 260 g/mol. The van der Waals surface area contributed by atoms with Crippen molar-refractivity contribution in [1.29, 1.82) is 0 Å². The smallest absolute Gasteiger partial charge is 0.251 e. The van der Waals surface area contributed by atoms with Crippen LogP contribution in [-0.4, -0.2) is 22.7 Å². The van der Waals surface area contributed by atoms with Gasteiger partial charge in [0, 0.05) is 19.2 Å². The summed E-state index contributed by atoms with van der Waals surface area (Å²) in [5.41, 5.74) is 6.80. The molecule has 1 aromatic heterocycles. The van der Waals surface area contributed by atoms with Crippen LogP contribution < -0.4 is 15.8 Å². The Morgan fingerprint density at radius 1 is 1.53 bits per heavy atom. The molecule has 100 valence electrons. The number of carbonyl (C=O) groups excluding carboxylic acids is 1. The van der Waals surface area contributed by atoms with Gasteiger partial charge in [0.1, 0.15) is 0 Å². The molecule has 0 fully saturated rings. The van der Waals surface area contributed by atoms with Gasteiger partial charge in [-0.25, -0.2) is 0 Å². The van der Waals surface area contributed by atoms with Crippen LogP contribution in [0.2, 0.25) is 0 Å². The van der Waals surface area contributed by atoms with Gasteiger partial charge >= 0.3 is 0 Å². The van der Waals surface area contributed by atoms with E-state index in [1.807, 2.05) is 6.92 Å². The predicted molar refractivity (Wildman–Crippen MR) is 72.2 cm³/mol. The summed E-state index contributed by atoms with van der Waals surface area (Å²) in [5.74, 6) is 0.841. The number of hydrogen-bond acceptors (Lipinski definition) is 4. The van der Waals surface area contributed by atoms with Crippen molar-refractivity contribution < 1.29 is 9.53 Å². The van der Waals surface area contributed by atoms with Crippen molar-refractivity contribution in [1.82, 2.24) is 15.1 Å². The summed E-state index contributed by atoms with van der Waals surface area (Å²) in [5, 5.41) is 6.66. The second-order valence-electron chi connectivity index (χ2n) is 3.97. The molecule has 0 unspecified atom stereocenters. The molecular formula is C13H16N4O2. The predicted octanol–water partition coefficient (Wildman–Crippen LogP) is 1.64. The maximum Gasteiger partial charge on any atom is 0.251 e. The molecule has 19 heavy (non-hydrogen) atoms. The summed E-state index contributed by atoms with van der Waals surface area (Å²) in [7, 11) is 1.57. The number of amides is 1. The lowest BCUT2D eigenvalue weighted by Gasteiger charge is -2.08. The fourth-order valence-electron chi connectivity index (χ4n) is 1.61. The fourth-order valence-corrected chi connectivity index (χ4v) is 1.61. The molecule has 0 saturated carbocycles. The second kappa shape index (κ2) is 5.43. The normalized spacial score (nSPS) is 10.2. The summed E-state index contributed by atoms with van der Waals surface area (Å²) in [4.78, 5) is 11.6. The minimum Gasteiger partial charge on any atom is -0.452 e. The zero-order chi connectivity index (χ0) is 13.8. The highest BCUT2D eigenvalue weighted by atomic mass is 16.5. The third-order valence-corrected chi connectivity index (χ3v) is 2.66. The number of benzene rings is 1. The van der Waals surface area contributed by atoms with Crippen LogP contribution in [0.15, 0.2) is 30.6 Å². The lowest BCUT2D eigenvalue weighted by molar-refractivity contribution is 0.0963. The van der Waals surface area contributed by atoms with E-state index in [0.29, 0.717) is 22.7 Å². The Kier molecular flexibility index (Phi) is 3.70. The van der Waals surface area contributed by atoms with Gasteiger partial charge in [-0.05, 0) is 25.1 Å². The molecular weight excluding hydrogens is 244 g/mol. The summed E-state index contributed by atoms with van der Waals surface area (Å²) in [6.45, 7) is 2.74. The highest BCUT2D eigenvalue weighted by Crippen LogP contribution is 2.28. The van der Waals surface area contributed by atoms with Crippen molar-refractivity contribution in [2.24, 2.45) is 0 Å². The lowest BCUT2D eigenvalue weighted by atomic mass is 10.2. The second-order valence-corrected chi connectivity index (χ2v) is 3.97. The van der Waals surface area contributed by atoms with E-state index in [0.717, 1.165) is 6.54 Å². The highest BCUT2D eigenvalue weighted by molar-refractivity contribution is 5.95. The first-order chi connectivity index (χ1) is 9.13. The number of carbonyl (C=O) groups is 1. The molecule has 0 aliphatic heterocycles. The number of rotatable bonds is 4. The lowest BCUT2D eigenvalue weighted by Crippen LogP contribution is -2.17. The first-order valence-corrected chi connectivity index (χ1v) is 5.96. The van der Waals surface area contributed by atoms with Crippen molar-refractivity contribution in [3.05, 3.63) is 36.2 Å². The molecule has 2 rings (SSSR count). The van der Waals surface area contributed by atoms with Crippen LogP contribution in [0.25, 0.3) is 0 Å². The van der Waals surface area contributed by atoms with Gasteiger partial charge in [0.15, 0.2) is 11.5 Å². The Hall–Kier alpha value is -2.50. The van der Waals surface area contributed by atoms with E-state index in [1.165, 1.54) is 0 Å². The largest absolute Gasteiger partial charge is 0.452 e. The highest BCUT2D eigenvalue weighted by Gasteiger charge is 2.09. The van der Waals surface area contributed by atoms with Crippen molar-refractivity contribution in [3.8, 4) is 11.5 Å². The molecule has 6 heteroatoms. The summed E-state index contributed by atoms with van der Waals surface area (Å²) in [6, 6.07) is 4.90. The van der Waals surface area contributed by atoms with Crippen LogP contribution in [0.1, 0.15) is 17.3 Å². The molecule has 2 aromatic rings.